The van der Waals surface area contributed by atoms with Crippen LogP contribution in [-0.4, -0.2) is 17.1 Å². The Morgan fingerprint density at radius 2 is 1.74 bits per heavy atom. The number of nitrogens with one attached hydrogen (secondary N) is 2. The van der Waals surface area contributed by atoms with Crippen molar-refractivity contribution in [2.24, 2.45) is 0 Å². The molecule has 0 saturated heterocycles. The van der Waals surface area contributed by atoms with Crippen LogP contribution < -0.4 is 21.1 Å². The van der Waals surface area contributed by atoms with Crippen LogP contribution in [0.2, 0.25) is 0 Å². The van der Waals surface area contributed by atoms with Crippen LogP contribution in [0.5, 0.6) is 5.75 Å². The van der Waals surface area contributed by atoms with E-state index < -0.39 is 0 Å². The maximum Gasteiger partial charge on any atom is 0.144 e. The highest BCUT2D eigenvalue weighted by Crippen LogP contribution is 2.31. The summed E-state index contributed by atoms with van der Waals surface area (Å²) in [7, 11) is 1.63. The van der Waals surface area contributed by atoms with E-state index in [0.717, 1.165) is 17.1 Å². The second kappa shape index (κ2) is 6.65. The largest absolute Gasteiger partial charge is 0.494 e. The Morgan fingerprint density at radius 3 is 2.48 bits per heavy atom. The number of hydrogen-bond acceptors (Lipinski definition) is 6. The van der Waals surface area contributed by atoms with Crippen molar-refractivity contribution >= 4 is 28.7 Å². The summed E-state index contributed by atoms with van der Waals surface area (Å²) < 4.78 is 5.45. The van der Waals surface area contributed by atoms with E-state index in [-0.39, 0.29) is 0 Å². The molecule has 4 N–H and O–H groups in total. The first-order valence-electron chi connectivity index (χ1n) is 7.09. The zero-order chi connectivity index (χ0) is 16.1. The number of hydrogen-bond donors (Lipinski definition) is 3. The maximum atomic E-state index is 5.66. The van der Waals surface area contributed by atoms with Gasteiger partial charge in [0.25, 0.3) is 0 Å². The van der Waals surface area contributed by atoms with E-state index in [2.05, 4.69) is 20.6 Å². The molecule has 3 rings (SSSR count). The molecule has 6 heteroatoms. The molecule has 1 aromatic heterocycles. The Morgan fingerprint density at radius 1 is 0.913 bits per heavy atom. The number of methoxy groups -OCH3 is 1. The summed E-state index contributed by atoms with van der Waals surface area (Å²) in [6.45, 7) is 0. The van der Waals surface area contributed by atoms with Crippen molar-refractivity contribution in [2.45, 2.75) is 0 Å². The summed E-state index contributed by atoms with van der Waals surface area (Å²) in [4.78, 5) is 8.00. The van der Waals surface area contributed by atoms with Gasteiger partial charge in [-0.25, -0.2) is 9.97 Å². The molecular weight excluding hydrogens is 290 g/mol. The predicted molar refractivity (Wildman–Crippen MR) is 92.4 cm³/mol. The van der Waals surface area contributed by atoms with E-state index in [9.17, 15) is 0 Å². The van der Waals surface area contributed by atoms with Crippen molar-refractivity contribution in [3.8, 4) is 5.75 Å². The van der Waals surface area contributed by atoms with Gasteiger partial charge in [0.1, 0.15) is 23.7 Å². The summed E-state index contributed by atoms with van der Waals surface area (Å²) in [5.74, 6) is 1.71. The molecule has 2 aromatic carbocycles. The Hall–Kier alpha value is -3.28. The minimum absolute atomic E-state index is 0.406. The zero-order valence-electron chi connectivity index (χ0n) is 12.7. The summed E-state index contributed by atoms with van der Waals surface area (Å²) in [5.41, 5.74) is 8.40. The quantitative estimate of drug-likeness (QED) is 0.668. The molecule has 0 fully saturated rings. The highest BCUT2D eigenvalue weighted by atomic mass is 16.5. The van der Waals surface area contributed by atoms with Crippen molar-refractivity contribution < 1.29 is 4.74 Å². The molecule has 0 aliphatic heterocycles. The fourth-order valence-corrected chi connectivity index (χ4v) is 2.14. The smallest absolute Gasteiger partial charge is 0.144 e. The Balaban J connectivity index is 1.82. The molecule has 0 unspecified atom stereocenters. The fraction of sp³-hybridized carbons (Fsp3) is 0.0588. The second-order valence-electron chi connectivity index (χ2n) is 4.86. The summed E-state index contributed by atoms with van der Waals surface area (Å²) in [5, 5.41) is 6.50. The molecule has 6 nitrogen and oxygen atoms in total. The molecule has 23 heavy (non-hydrogen) atoms. The van der Waals surface area contributed by atoms with Crippen LogP contribution in [0, 0.1) is 0 Å². The first-order chi connectivity index (χ1) is 11.2. The van der Waals surface area contributed by atoms with Gasteiger partial charge in [-0.05, 0) is 24.3 Å². The van der Waals surface area contributed by atoms with Gasteiger partial charge in [0, 0.05) is 23.5 Å². The highest BCUT2D eigenvalue weighted by molar-refractivity contribution is 5.71. The Kier molecular flexibility index (Phi) is 4.24. The van der Waals surface area contributed by atoms with Crippen molar-refractivity contribution in [1.82, 2.24) is 9.97 Å². The number of nitrogen functional groups attached to an aromatic ring is 1. The Labute approximate surface area is 134 Å². The van der Waals surface area contributed by atoms with E-state index in [1.165, 1.54) is 6.33 Å². The van der Waals surface area contributed by atoms with Gasteiger partial charge in [0.15, 0.2) is 0 Å². The summed E-state index contributed by atoms with van der Waals surface area (Å²) >= 11 is 0. The first kappa shape index (κ1) is 14.6. The normalized spacial score (nSPS) is 10.1. The number of nitrogens with two attached hydrogens (primary N) is 1. The van der Waals surface area contributed by atoms with E-state index in [0.29, 0.717) is 17.4 Å². The van der Waals surface area contributed by atoms with Crippen molar-refractivity contribution in [3.63, 3.8) is 0 Å². The first-order valence-corrected chi connectivity index (χ1v) is 7.09. The molecule has 1 heterocycles. The van der Waals surface area contributed by atoms with Crippen molar-refractivity contribution in [2.75, 3.05) is 23.5 Å². The number of anilines is 5. The van der Waals surface area contributed by atoms with Crippen molar-refractivity contribution in [3.05, 3.63) is 60.9 Å². The lowest BCUT2D eigenvalue weighted by atomic mass is 10.2. The predicted octanol–water partition coefficient (Wildman–Crippen LogP) is 3.55. The fourth-order valence-electron chi connectivity index (χ4n) is 2.14. The minimum atomic E-state index is 0.406. The average molecular weight is 307 g/mol. The minimum Gasteiger partial charge on any atom is -0.494 e. The molecule has 0 radical (unpaired) electrons. The molecule has 0 bridgehead atoms. The van der Waals surface area contributed by atoms with Gasteiger partial charge >= 0.3 is 0 Å². The standard InChI is InChI=1S/C17H17N5O/c1-23-15-9-13(21-12-5-3-2-4-6-12)7-8-14(15)22-17-10-16(18)19-11-20-17/h2-11,21H,1H3,(H3,18,19,20,22). The van der Waals surface area contributed by atoms with Crippen LogP contribution in [0.15, 0.2) is 60.9 Å². The lowest BCUT2D eigenvalue weighted by molar-refractivity contribution is 0.417. The molecule has 0 saturated carbocycles. The molecule has 3 aromatic rings. The summed E-state index contributed by atoms with van der Waals surface area (Å²) in [6, 6.07) is 17.4. The van der Waals surface area contributed by atoms with Crippen LogP contribution >= 0.6 is 0 Å². The molecule has 0 aliphatic rings. The number of nitrogens with zero attached hydrogens (tertiary/aromatic N) is 2. The van der Waals surface area contributed by atoms with Gasteiger partial charge in [-0.2, -0.15) is 0 Å². The van der Waals surface area contributed by atoms with E-state index in [1.54, 1.807) is 13.2 Å². The lowest BCUT2D eigenvalue weighted by Gasteiger charge is -2.13. The highest BCUT2D eigenvalue weighted by Gasteiger charge is 2.06. The topological polar surface area (TPSA) is 85.1 Å². The molecule has 0 aliphatic carbocycles. The SMILES string of the molecule is COc1cc(Nc2ccccc2)ccc1Nc1cc(N)ncn1. The van der Waals surface area contributed by atoms with Crippen LogP contribution in [0.25, 0.3) is 0 Å². The van der Waals surface area contributed by atoms with Crippen LogP contribution in [0.4, 0.5) is 28.7 Å². The van der Waals surface area contributed by atoms with Gasteiger partial charge in [-0.3, -0.25) is 0 Å². The molecule has 116 valence electrons. The third-order valence-electron chi connectivity index (χ3n) is 3.21. The third kappa shape index (κ3) is 3.68. The van der Waals surface area contributed by atoms with Gasteiger partial charge < -0.3 is 21.1 Å². The number of benzene rings is 2. The number of aromatic nitrogens is 2. The van der Waals surface area contributed by atoms with Crippen LogP contribution in [0.1, 0.15) is 0 Å². The second-order valence-corrected chi connectivity index (χ2v) is 4.86. The van der Waals surface area contributed by atoms with Crippen LogP contribution in [-0.2, 0) is 0 Å². The van der Waals surface area contributed by atoms with Gasteiger partial charge in [-0.15, -0.1) is 0 Å². The average Bonchev–Trinajstić information content (AvgIpc) is 2.57. The molecular formula is C17H17N5O. The lowest BCUT2D eigenvalue weighted by Crippen LogP contribution is -2.00. The van der Waals surface area contributed by atoms with E-state index in [1.807, 2.05) is 48.5 Å². The van der Waals surface area contributed by atoms with Gasteiger partial charge in [0.05, 0.1) is 12.8 Å². The van der Waals surface area contributed by atoms with Gasteiger partial charge in [0.2, 0.25) is 0 Å². The van der Waals surface area contributed by atoms with E-state index >= 15 is 0 Å². The summed E-state index contributed by atoms with van der Waals surface area (Å²) in [6.07, 6.45) is 1.41. The zero-order valence-corrected chi connectivity index (χ0v) is 12.7. The van der Waals surface area contributed by atoms with E-state index in [4.69, 9.17) is 10.5 Å². The van der Waals surface area contributed by atoms with Gasteiger partial charge in [-0.1, -0.05) is 18.2 Å². The molecule has 0 spiro atoms. The third-order valence-corrected chi connectivity index (χ3v) is 3.21. The maximum absolute atomic E-state index is 5.66. The van der Waals surface area contributed by atoms with Crippen molar-refractivity contribution in [1.29, 1.82) is 0 Å². The monoisotopic (exact) mass is 307 g/mol. The Bertz CT molecular complexity index is 792. The number of ether oxygens (including phenoxy) is 1. The molecule has 0 atom stereocenters. The molecule has 0 amide bonds. The number of rotatable bonds is 5. The van der Waals surface area contributed by atoms with Crippen LogP contribution in [0.3, 0.4) is 0 Å². The number of para-hydroxylation sites is 1.